The fourth-order valence-electron chi connectivity index (χ4n) is 0.809. The Labute approximate surface area is 71.5 Å². The third-order valence-electron chi connectivity index (χ3n) is 1.31. The minimum Gasteiger partial charge on any atom is -0.275 e. The van der Waals surface area contributed by atoms with E-state index in [1.165, 1.54) is 0 Å². The van der Waals surface area contributed by atoms with Gasteiger partial charge in [0, 0.05) is 24.7 Å². The Kier molecular flexibility index (Phi) is 3.17. The predicted molar refractivity (Wildman–Crippen MR) is 47.6 cm³/mol. The monoisotopic (exact) mass is 170 g/mol. The SMILES string of the molecule is Cn1cc(/C=C/CCCl)cn1. The van der Waals surface area contributed by atoms with Crippen LogP contribution in [0.5, 0.6) is 0 Å². The van der Waals surface area contributed by atoms with Gasteiger partial charge in [-0.2, -0.15) is 5.10 Å². The molecule has 0 radical (unpaired) electrons. The van der Waals surface area contributed by atoms with E-state index in [1.807, 2.05) is 31.6 Å². The molecule has 0 saturated carbocycles. The molecule has 0 amide bonds. The summed E-state index contributed by atoms with van der Waals surface area (Å²) in [5.74, 6) is 0.677. The van der Waals surface area contributed by atoms with Crippen LogP contribution in [-0.4, -0.2) is 15.7 Å². The molecule has 11 heavy (non-hydrogen) atoms. The van der Waals surface area contributed by atoms with Crippen LogP contribution in [-0.2, 0) is 7.05 Å². The quantitative estimate of drug-likeness (QED) is 0.635. The summed E-state index contributed by atoms with van der Waals surface area (Å²) in [4.78, 5) is 0. The molecule has 0 aliphatic carbocycles. The fraction of sp³-hybridized carbons (Fsp3) is 0.375. The van der Waals surface area contributed by atoms with Crippen LogP contribution in [0.2, 0.25) is 0 Å². The molecule has 0 atom stereocenters. The van der Waals surface area contributed by atoms with Crippen molar-refractivity contribution in [1.29, 1.82) is 0 Å². The second-order valence-electron chi connectivity index (χ2n) is 2.33. The minimum absolute atomic E-state index is 0.677. The first-order chi connectivity index (χ1) is 5.33. The average Bonchev–Trinajstić information content (AvgIpc) is 2.37. The van der Waals surface area contributed by atoms with Crippen LogP contribution in [0.3, 0.4) is 0 Å². The molecule has 0 saturated heterocycles. The lowest BCUT2D eigenvalue weighted by atomic mass is 10.3. The first-order valence-electron chi connectivity index (χ1n) is 3.54. The molecule has 0 aliphatic rings. The van der Waals surface area contributed by atoms with Crippen LogP contribution in [0, 0.1) is 0 Å². The summed E-state index contributed by atoms with van der Waals surface area (Å²) < 4.78 is 1.78. The zero-order valence-electron chi connectivity index (χ0n) is 6.50. The Morgan fingerprint density at radius 2 is 2.55 bits per heavy atom. The molecule has 0 aromatic carbocycles. The molecule has 0 fully saturated rings. The van der Waals surface area contributed by atoms with Crippen molar-refractivity contribution >= 4 is 17.7 Å². The van der Waals surface area contributed by atoms with E-state index < -0.39 is 0 Å². The summed E-state index contributed by atoms with van der Waals surface area (Å²) in [7, 11) is 1.90. The third-order valence-corrected chi connectivity index (χ3v) is 1.53. The van der Waals surface area contributed by atoms with Gasteiger partial charge < -0.3 is 0 Å². The molecule has 0 N–H and O–H groups in total. The number of nitrogens with zero attached hydrogens (tertiary/aromatic N) is 2. The van der Waals surface area contributed by atoms with Crippen LogP contribution >= 0.6 is 11.6 Å². The molecular weight excluding hydrogens is 160 g/mol. The summed E-state index contributed by atoms with van der Waals surface area (Å²) in [5, 5.41) is 4.03. The van der Waals surface area contributed by atoms with Crippen LogP contribution in [0.4, 0.5) is 0 Å². The van der Waals surface area contributed by atoms with Gasteiger partial charge in [0.15, 0.2) is 0 Å². The van der Waals surface area contributed by atoms with E-state index in [4.69, 9.17) is 11.6 Å². The number of allylic oxidation sites excluding steroid dienone is 1. The molecule has 2 nitrogen and oxygen atoms in total. The Morgan fingerprint density at radius 3 is 3.09 bits per heavy atom. The predicted octanol–water partition coefficient (Wildman–Crippen LogP) is 2.06. The largest absolute Gasteiger partial charge is 0.275 e. The number of aromatic nitrogens is 2. The molecule has 0 bridgehead atoms. The number of rotatable bonds is 3. The van der Waals surface area contributed by atoms with Gasteiger partial charge in [-0.15, -0.1) is 11.6 Å². The average molecular weight is 171 g/mol. The van der Waals surface area contributed by atoms with Gasteiger partial charge in [-0.05, 0) is 6.42 Å². The molecule has 0 spiro atoms. The molecular formula is C8H11ClN2. The highest BCUT2D eigenvalue weighted by Crippen LogP contribution is 2.00. The lowest BCUT2D eigenvalue weighted by Crippen LogP contribution is -1.83. The van der Waals surface area contributed by atoms with E-state index in [-0.39, 0.29) is 0 Å². The number of aryl methyl sites for hydroxylation is 1. The van der Waals surface area contributed by atoms with Crippen molar-refractivity contribution in [2.45, 2.75) is 6.42 Å². The zero-order valence-corrected chi connectivity index (χ0v) is 7.25. The fourth-order valence-corrected chi connectivity index (χ4v) is 0.935. The smallest absolute Gasteiger partial charge is 0.0562 e. The summed E-state index contributed by atoms with van der Waals surface area (Å²) in [6.07, 6.45) is 8.77. The first kappa shape index (κ1) is 8.34. The van der Waals surface area contributed by atoms with Gasteiger partial charge in [-0.25, -0.2) is 0 Å². The number of hydrogen-bond donors (Lipinski definition) is 0. The van der Waals surface area contributed by atoms with Crippen LogP contribution in [0.25, 0.3) is 6.08 Å². The van der Waals surface area contributed by atoms with E-state index in [0.29, 0.717) is 5.88 Å². The summed E-state index contributed by atoms with van der Waals surface area (Å²) in [6.45, 7) is 0. The van der Waals surface area contributed by atoms with E-state index in [9.17, 15) is 0 Å². The van der Waals surface area contributed by atoms with Crippen molar-refractivity contribution in [2.24, 2.45) is 7.05 Å². The standard InChI is InChI=1S/C8H11ClN2/c1-11-7-8(6-10-11)4-2-3-5-9/h2,4,6-7H,3,5H2,1H3/b4-2+. The van der Waals surface area contributed by atoms with Gasteiger partial charge in [0.1, 0.15) is 0 Å². The van der Waals surface area contributed by atoms with Crippen LogP contribution in [0.15, 0.2) is 18.5 Å². The number of hydrogen-bond acceptors (Lipinski definition) is 1. The topological polar surface area (TPSA) is 17.8 Å². The molecule has 1 aromatic heterocycles. The highest BCUT2D eigenvalue weighted by molar-refractivity contribution is 6.17. The third kappa shape index (κ3) is 2.76. The van der Waals surface area contributed by atoms with Crippen molar-refractivity contribution in [3.05, 3.63) is 24.0 Å². The lowest BCUT2D eigenvalue weighted by molar-refractivity contribution is 0.767. The molecule has 1 heterocycles. The lowest BCUT2D eigenvalue weighted by Gasteiger charge is -1.83. The molecule has 1 aromatic rings. The number of halogens is 1. The molecule has 3 heteroatoms. The highest BCUT2D eigenvalue weighted by atomic mass is 35.5. The molecule has 60 valence electrons. The van der Waals surface area contributed by atoms with Gasteiger partial charge in [-0.3, -0.25) is 4.68 Å². The maximum atomic E-state index is 5.50. The van der Waals surface area contributed by atoms with Crippen molar-refractivity contribution < 1.29 is 0 Å². The normalized spacial score (nSPS) is 11.1. The van der Waals surface area contributed by atoms with Crippen LogP contribution in [0.1, 0.15) is 12.0 Å². The van der Waals surface area contributed by atoms with Gasteiger partial charge in [-0.1, -0.05) is 12.2 Å². The van der Waals surface area contributed by atoms with Gasteiger partial charge in [0.05, 0.1) is 6.20 Å². The first-order valence-corrected chi connectivity index (χ1v) is 4.07. The zero-order chi connectivity index (χ0) is 8.10. The van der Waals surface area contributed by atoms with Crippen LogP contribution < -0.4 is 0 Å². The van der Waals surface area contributed by atoms with Crippen molar-refractivity contribution in [3.8, 4) is 0 Å². The summed E-state index contributed by atoms with van der Waals surface area (Å²) >= 11 is 5.50. The second kappa shape index (κ2) is 4.19. The maximum Gasteiger partial charge on any atom is 0.0562 e. The minimum atomic E-state index is 0.677. The molecule has 1 rings (SSSR count). The van der Waals surface area contributed by atoms with Crippen molar-refractivity contribution in [3.63, 3.8) is 0 Å². The van der Waals surface area contributed by atoms with Gasteiger partial charge >= 0.3 is 0 Å². The summed E-state index contributed by atoms with van der Waals surface area (Å²) in [5.41, 5.74) is 1.12. The molecule has 0 unspecified atom stereocenters. The van der Waals surface area contributed by atoms with Gasteiger partial charge in [0.2, 0.25) is 0 Å². The Morgan fingerprint density at radius 1 is 1.73 bits per heavy atom. The highest BCUT2D eigenvalue weighted by Gasteiger charge is 1.87. The van der Waals surface area contributed by atoms with E-state index in [1.54, 1.807) is 4.68 Å². The second-order valence-corrected chi connectivity index (χ2v) is 2.71. The molecule has 0 aliphatic heterocycles. The Balaban J connectivity index is 2.50. The van der Waals surface area contributed by atoms with Gasteiger partial charge in [0.25, 0.3) is 0 Å². The number of alkyl halides is 1. The van der Waals surface area contributed by atoms with E-state index in [2.05, 4.69) is 5.10 Å². The summed E-state index contributed by atoms with van der Waals surface area (Å²) in [6, 6.07) is 0. The Bertz CT molecular complexity index is 240. The van der Waals surface area contributed by atoms with E-state index in [0.717, 1.165) is 12.0 Å². The van der Waals surface area contributed by atoms with Crippen molar-refractivity contribution in [1.82, 2.24) is 9.78 Å². The maximum absolute atomic E-state index is 5.50. The Hall–Kier alpha value is -0.760. The van der Waals surface area contributed by atoms with E-state index >= 15 is 0 Å². The van der Waals surface area contributed by atoms with Crippen molar-refractivity contribution in [2.75, 3.05) is 5.88 Å².